The molecule has 0 aliphatic rings. The maximum atomic E-state index is 11.9. The molecule has 150 valence electrons. The van der Waals surface area contributed by atoms with Gasteiger partial charge in [0.05, 0.1) is 25.4 Å². The smallest absolute Gasteiger partial charge is 0.408 e. The second-order valence-corrected chi connectivity index (χ2v) is 6.97. The molecule has 0 saturated carbocycles. The molecule has 8 nitrogen and oxygen atoms in total. The van der Waals surface area contributed by atoms with Crippen molar-refractivity contribution in [1.82, 2.24) is 16.0 Å². The van der Waals surface area contributed by atoms with Gasteiger partial charge in [0.1, 0.15) is 5.60 Å². The van der Waals surface area contributed by atoms with E-state index in [-0.39, 0.29) is 24.0 Å². The molecular formula is C16H35IN4O4. The minimum absolute atomic E-state index is 0. The molecular weight excluding hydrogens is 439 g/mol. The molecule has 0 saturated heterocycles. The number of nitrogens with zero attached hydrogens (tertiary/aromatic N) is 1. The molecule has 0 fully saturated rings. The SMILES string of the molecule is CN=C(NCCOCCOC)NCC(C)(C)NC(=O)OC(C)(C)C.I. The number of aliphatic imine (C=N–C) groups is 1. The van der Waals surface area contributed by atoms with Gasteiger partial charge in [-0.25, -0.2) is 4.79 Å². The van der Waals surface area contributed by atoms with E-state index < -0.39 is 17.2 Å². The number of amides is 1. The zero-order chi connectivity index (χ0) is 18.6. The van der Waals surface area contributed by atoms with E-state index >= 15 is 0 Å². The van der Waals surface area contributed by atoms with Crippen LogP contribution in [-0.4, -0.2) is 70.3 Å². The fourth-order valence-corrected chi connectivity index (χ4v) is 1.64. The van der Waals surface area contributed by atoms with Crippen LogP contribution < -0.4 is 16.0 Å². The normalized spacial score (nSPS) is 12.2. The summed E-state index contributed by atoms with van der Waals surface area (Å²) >= 11 is 0. The molecule has 0 unspecified atom stereocenters. The number of guanidine groups is 1. The second-order valence-electron chi connectivity index (χ2n) is 6.97. The molecule has 1 amide bonds. The summed E-state index contributed by atoms with van der Waals surface area (Å²) in [7, 11) is 3.33. The summed E-state index contributed by atoms with van der Waals surface area (Å²) in [6.45, 7) is 12.1. The third kappa shape index (κ3) is 16.4. The zero-order valence-electron chi connectivity index (χ0n) is 16.5. The van der Waals surface area contributed by atoms with E-state index in [1.807, 2.05) is 34.6 Å². The molecule has 25 heavy (non-hydrogen) atoms. The van der Waals surface area contributed by atoms with Gasteiger partial charge in [-0.05, 0) is 34.6 Å². The number of ether oxygens (including phenoxy) is 3. The molecule has 0 bridgehead atoms. The van der Waals surface area contributed by atoms with Crippen LogP contribution in [0.4, 0.5) is 4.79 Å². The Morgan fingerprint density at radius 2 is 1.68 bits per heavy atom. The molecule has 0 aliphatic heterocycles. The molecule has 0 radical (unpaired) electrons. The molecule has 0 aliphatic carbocycles. The highest BCUT2D eigenvalue weighted by atomic mass is 127. The number of carbonyl (C=O) groups is 1. The summed E-state index contributed by atoms with van der Waals surface area (Å²) in [6, 6.07) is 0. The first kappa shape index (κ1) is 26.4. The van der Waals surface area contributed by atoms with Crippen LogP contribution in [-0.2, 0) is 14.2 Å². The third-order valence-corrected chi connectivity index (χ3v) is 2.73. The predicted molar refractivity (Wildman–Crippen MR) is 111 cm³/mol. The summed E-state index contributed by atoms with van der Waals surface area (Å²) < 4.78 is 15.5. The van der Waals surface area contributed by atoms with Gasteiger partial charge in [0.25, 0.3) is 0 Å². The molecule has 9 heteroatoms. The molecule has 3 N–H and O–H groups in total. The van der Waals surface area contributed by atoms with Gasteiger partial charge in [-0.3, -0.25) is 4.99 Å². The maximum Gasteiger partial charge on any atom is 0.408 e. The molecule has 0 rings (SSSR count). The van der Waals surface area contributed by atoms with Crippen LogP contribution in [0.3, 0.4) is 0 Å². The van der Waals surface area contributed by atoms with Crippen molar-refractivity contribution in [1.29, 1.82) is 0 Å². The fourth-order valence-electron chi connectivity index (χ4n) is 1.64. The van der Waals surface area contributed by atoms with Gasteiger partial charge >= 0.3 is 6.09 Å². The lowest BCUT2D eigenvalue weighted by molar-refractivity contribution is 0.0474. The van der Waals surface area contributed by atoms with Crippen molar-refractivity contribution < 1.29 is 19.0 Å². The van der Waals surface area contributed by atoms with Gasteiger partial charge in [-0.2, -0.15) is 0 Å². The van der Waals surface area contributed by atoms with Crippen LogP contribution in [0.5, 0.6) is 0 Å². The van der Waals surface area contributed by atoms with E-state index in [1.165, 1.54) is 0 Å². The summed E-state index contributed by atoms with van der Waals surface area (Å²) in [5.74, 6) is 0.643. The van der Waals surface area contributed by atoms with Crippen LogP contribution in [0.1, 0.15) is 34.6 Å². The number of methoxy groups -OCH3 is 1. The minimum Gasteiger partial charge on any atom is -0.444 e. The summed E-state index contributed by atoms with van der Waals surface area (Å²) in [5, 5.41) is 9.15. The van der Waals surface area contributed by atoms with Crippen LogP contribution in [0.25, 0.3) is 0 Å². The molecule has 0 aromatic rings. The summed E-state index contributed by atoms with van der Waals surface area (Å²) in [4.78, 5) is 16.0. The van der Waals surface area contributed by atoms with E-state index in [9.17, 15) is 4.79 Å². The van der Waals surface area contributed by atoms with Crippen molar-refractivity contribution in [3.05, 3.63) is 0 Å². The van der Waals surface area contributed by atoms with E-state index in [2.05, 4.69) is 20.9 Å². The quantitative estimate of drug-likeness (QED) is 0.204. The van der Waals surface area contributed by atoms with Gasteiger partial charge in [0.15, 0.2) is 5.96 Å². The number of rotatable bonds is 9. The first-order chi connectivity index (χ1) is 11.1. The Balaban J connectivity index is 0. The van der Waals surface area contributed by atoms with Crippen LogP contribution in [0.15, 0.2) is 4.99 Å². The van der Waals surface area contributed by atoms with Crippen LogP contribution in [0.2, 0.25) is 0 Å². The predicted octanol–water partition coefficient (Wildman–Crippen LogP) is 1.74. The number of hydrogen-bond donors (Lipinski definition) is 3. The highest BCUT2D eigenvalue weighted by molar-refractivity contribution is 14.0. The lowest BCUT2D eigenvalue weighted by Crippen LogP contribution is -2.54. The topological polar surface area (TPSA) is 93.2 Å². The number of hydrogen-bond acceptors (Lipinski definition) is 5. The number of nitrogens with one attached hydrogen (secondary N) is 3. The Morgan fingerprint density at radius 1 is 1.04 bits per heavy atom. The van der Waals surface area contributed by atoms with Crippen molar-refractivity contribution in [2.24, 2.45) is 4.99 Å². The Hall–Kier alpha value is -0.810. The van der Waals surface area contributed by atoms with Crippen LogP contribution in [0, 0.1) is 0 Å². The fraction of sp³-hybridized carbons (Fsp3) is 0.875. The number of carbonyl (C=O) groups excluding carboxylic acids is 1. The van der Waals surface area contributed by atoms with Crippen molar-refractivity contribution in [3.63, 3.8) is 0 Å². The van der Waals surface area contributed by atoms with Crippen molar-refractivity contribution in [2.45, 2.75) is 45.8 Å². The number of halogens is 1. The highest BCUT2D eigenvalue weighted by Gasteiger charge is 2.24. The van der Waals surface area contributed by atoms with Gasteiger partial charge in [0, 0.05) is 27.2 Å². The highest BCUT2D eigenvalue weighted by Crippen LogP contribution is 2.08. The lowest BCUT2D eigenvalue weighted by Gasteiger charge is -2.29. The van der Waals surface area contributed by atoms with E-state index in [0.717, 1.165) is 0 Å². The van der Waals surface area contributed by atoms with Gasteiger partial charge in [0.2, 0.25) is 0 Å². The second kappa shape index (κ2) is 13.4. The molecule has 0 atom stereocenters. The zero-order valence-corrected chi connectivity index (χ0v) is 18.9. The average Bonchev–Trinajstić information content (AvgIpc) is 2.43. The monoisotopic (exact) mass is 474 g/mol. The first-order valence-corrected chi connectivity index (χ1v) is 8.12. The van der Waals surface area contributed by atoms with E-state index in [0.29, 0.717) is 38.9 Å². The summed E-state index contributed by atoms with van der Waals surface area (Å²) in [6.07, 6.45) is -0.441. The molecule has 0 heterocycles. The Bertz CT molecular complexity index is 398. The first-order valence-electron chi connectivity index (χ1n) is 8.12. The molecule has 0 spiro atoms. The van der Waals surface area contributed by atoms with Gasteiger partial charge in [-0.1, -0.05) is 0 Å². The summed E-state index contributed by atoms with van der Waals surface area (Å²) in [5.41, 5.74) is -1.01. The lowest BCUT2D eigenvalue weighted by atomic mass is 10.1. The van der Waals surface area contributed by atoms with Crippen molar-refractivity contribution in [2.75, 3.05) is 47.1 Å². The van der Waals surface area contributed by atoms with Crippen molar-refractivity contribution in [3.8, 4) is 0 Å². The largest absolute Gasteiger partial charge is 0.444 e. The maximum absolute atomic E-state index is 11.9. The third-order valence-electron chi connectivity index (χ3n) is 2.73. The minimum atomic E-state index is -0.520. The van der Waals surface area contributed by atoms with E-state index in [1.54, 1.807) is 14.2 Å². The average molecular weight is 474 g/mol. The Morgan fingerprint density at radius 3 is 2.20 bits per heavy atom. The molecule has 0 aromatic carbocycles. The Kier molecular flexibility index (Phi) is 14.2. The van der Waals surface area contributed by atoms with Crippen molar-refractivity contribution >= 4 is 36.0 Å². The van der Waals surface area contributed by atoms with Gasteiger partial charge < -0.3 is 30.2 Å². The van der Waals surface area contributed by atoms with E-state index in [4.69, 9.17) is 14.2 Å². The number of alkyl carbamates (subject to hydrolysis) is 1. The molecule has 0 aromatic heterocycles. The van der Waals surface area contributed by atoms with Gasteiger partial charge in [-0.15, -0.1) is 24.0 Å². The standard InChI is InChI=1S/C16H34N4O4.HI/c1-15(2,3)24-14(21)20-16(4,5)12-19-13(17-6)18-8-9-23-11-10-22-7;/h8-12H2,1-7H3,(H,20,21)(H2,17,18,19);1H. The Labute approximate surface area is 168 Å². The van der Waals surface area contributed by atoms with Crippen LogP contribution >= 0.6 is 24.0 Å².